The normalized spacial score (nSPS) is 18.4. The van der Waals surface area contributed by atoms with Gasteiger partial charge in [0.15, 0.2) is 0 Å². The fraction of sp³-hybridized carbons (Fsp3) is 0. The average molecular weight is 285 g/mol. The molecule has 0 unspecified atom stereocenters. The lowest BCUT2D eigenvalue weighted by atomic mass is 10.1. The molecule has 1 heterocycles. The largest absolute Gasteiger partial charge is 0.287 e. The zero-order chi connectivity index (χ0) is 14.2. The molecule has 0 aliphatic carbocycles. The molecule has 2 aromatic carbocycles. The van der Waals surface area contributed by atoms with Crippen molar-refractivity contribution < 1.29 is 13.2 Å². The highest BCUT2D eigenvalue weighted by atomic mass is 32.2. The van der Waals surface area contributed by atoms with Gasteiger partial charge in [-0.1, -0.05) is 42.5 Å². The van der Waals surface area contributed by atoms with E-state index in [4.69, 9.17) is 0 Å². The number of benzene rings is 2. The number of allylic oxidation sites excluding steroid dienone is 1. The molecule has 0 spiro atoms. The monoisotopic (exact) mass is 285 g/mol. The van der Waals surface area contributed by atoms with Crippen LogP contribution in [0.15, 0.2) is 65.2 Å². The molecule has 100 valence electrons. The summed E-state index contributed by atoms with van der Waals surface area (Å²) < 4.78 is 26.6. The van der Waals surface area contributed by atoms with Crippen molar-refractivity contribution in [3.05, 3.63) is 71.4 Å². The Hall–Kier alpha value is -2.40. The van der Waals surface area contributed by atoms with Crippen LogP contribution in [-0.2, 0) is 10.0 Å². The van der Waals surface area contributed by atoms with Crippen molar-refractivity contribution in [1.82, 2.24) is 4.72 Å². The summed E-state index contributed by atoms with van der Waals surface area (Å²) >= 11 is 0. The Morgan fingerprint density at radius 3 is 2.30 bits per heavy atom. The lowest BCUT2D eigenvalue weighted by molar-refractivity contribution is 0.102. The Morgan fingerprint density at radius 2 is 1.55 bits per heavy atom. The molecule has 0 aromatic heterocycles. The van der Waals surface area contributed by atoms with Crippen LogP contribution in [-0.4, -0.2) is 14.2 Å². The van der Waals surface area contributed by atoms with Crippen LogP contribution < -0.4 is 4.72 Å². The molecule has 0 saturated carbocycles. The van der Waals surface area contributed by atoms with Crippen LogP contribution in [0.25, 0.3) is 6.08 Å². The quantitative estimate of drug-likeness (QED) is 0.817. The number of rotatable bonds is 1. The third kappa shape index (κ3) is 2.12. The number of hydrogen-bond acceptors (Lipinski definition) is 3. The molecule has 2 aromatic rings. The molecular weight excluding hydrogens is 274 g/mol. The van der Waals surface area contributed by atoms with Gasteiger partial charge >= 0.3 is 0 Å². The molecule has 20 heavy (non-hydrogen) atoms. The van der Waals surface area contributed by atoms with Crippen LogP contribution in [0, 0.1) is 0 Å². The molecule has 0 fully saturated rings. The Bertz CT molecular complexity index is 808. The van der Waals surface area contributed by atoms with E-state index in [1.165, 1.54) is 18.2 Å². The molecule has 0 bridgehead atoms. The molecule has 0 radical (unpaired) electrons. The van der Waals surface area contributed by atoms with Crippen molar-refractivity contribution in [2.24, 2.45) is 0 Å². The van der Waals surface area contributed by atoms with E-state index in [0.29, 0.717) is 0 Å². The summed E-state index contributed by atoms with van der Waals surface area (Å²) in [6.07, 6.45) is 1.54. The molecule has 1 N–H and O–H groups in total. The first-order chi connectivity index (χ1) is 9.58. The van der Waals surface area contributed by atoms with Gasteiger partial charge in [0.25, 0.3) is 10.0 Å². The average Bonchev–Trinajstić information content (AvgIpc) is 2.46. The van der Waals surface area contributed by atoms with E-state index < -0.39 is 10.0 Å². The summed E-state index contributed by atoms with van der Waals surface area (Å²) in [5.41, 5.74) is 1.03. The first-order valence-electron chi connectivity index (χ1n) is 6.01. The molecule has 1 aliphatic heterocycles. The number of carbonyl (C=O) groups excluding carboxylic acids is 1. The standard InChI is InChI=1S/C15H11NO3S/c17-15-12-8-4-5-9-14(12)20(18,19)16-13(15)10-11-6-2-1-3-7-11/h1-10,16H/b13-10+. The summed E-state index contributed by atoms with van der Waals surface area (Å²) in [7, 11) is -3.68. The van der Waals surface area contributed by atoms with Gasteiger partial charge in [0, 0.05) is 5.56 Å². The lowest BCUT2D eigenvalue weighted by Gasteiger charge is -2.19. The second-order valence-electron chi connectivity index (χ2n) is 4.40. The van der Waals surface area contributed by atoms with E-state index >= 15 is 0 Å². The van der Waals surface area contributed by atoms with Gasteiger partial charge in [-0.15, -0.1) is 0 Å². The van der Waals surface area contributed by atoms with E-state index in [0.717, 1.165) is 5.56 Å². The first-order valence-corrected chi connectivity index (χ1v) is 7.49. The van der Waals surface area contributed by atoms with Gasteiger partial charge in [0.05, 0.1) is 10.6 Å². The number of fused-ring (bicyclic) bond motifs is 1. The van der Waals surface area contributed by atoms with Gasteiger partial charge in [-0.05, 0) is 23.8 Å². The van der Waals surface area contributed by atoms with Crippen LogP contribution in [0.4, 0.5) is 0 Å². The molecule has 4 nitrogen and oxygen atoms in total. The zero-order valence-corrected chi connectivity index (χ0v) is 11.2. The van der Waals surface area contributed by atoms with Crippen LogP contribution in [0.2, 0.25) is 0 Å². The van der Waals surface area contributed by atoms with Gasteiger partial charge in [0.2, 0.25) is 5.78 Å². The van der Waals surface area contributed by atoms with E-state index in [9.17, 15) is 13.2 Å². The first kappa shape index (κ1) is 12.6. The number of Topliss-reactive ketones (excluding diaryl/α,β-unsaturated/α-hetero) is 1. The minimum atomic E-state index is -3.68. The fourth-order valence-electron chi connectivity index (χ4n) is 2.09. The molecular formula is C15H11NO3S. The van der Waals surface area contributed by atoms with E-state index in [2.05, 4.69) is 4.72 Å². The predicted octanol–water partition coefficient (Wildman–Crippen LogP) is 2.20. The van der Waals surface area contributed by atoms with E-state index in [-0.39, 0.29) is 21.9 Å². The van der Waals surface area contributed by atoms with Crippen LogP contribution >= 0.6 is 0 Å². The third-order valence-electron chi connectivity index (χ3n) is 3.02. The molecule has 0 amide bonds. The second-order valence-corrected chi connectivity index (χ2v) is 6.05. The van der Waals surface area contributed by atoms with Crippen molar-refractivity contribution in [3.63, 3.8) is 0 Å². The highest BCUT2D eigenvalue weighted by Crippen LogP contribution is 2.25. The van der Waals surface area contributed by atoms with E-state index in [1.54, 1.807) is 24.3 Å². The number of sulfonamides is 1. The van der Waals surface area contributed by atoms with Crippen molar-refractivity contribution in [2.75, 3.05) is 0 Å². The highest BCUT2D eigenvalue weighted by Gasteiger charge is 2.31. The maximum Gasteiger partial charge on any atom is 0.262 e. The van der Waals surface area contributed by atoms with Crippen molar-refractivity contribution in [2.45, 2.75) is 4.90 Å². The van der Waals surface area contributed by atoms with Gasteiger partial charge in [0.1, 0.15) is 0 Å². The van der Waals surface area contributed by atoms with Crippen LogP contribution in [0.5, 0.6) is 0 Å². The maximum absolute atomic E-state index is 12.3. The van der Waals surface area contributed by atoms with Crippen molar-refractivity contribution in [1.29, 1.82) is 0 Å². The number of ketones is 1. The minimum absolute atomic E-state index is 0.0233. The Kier molecular flexibility index (Phi) is 2.91. The number of carbonyl (C=O) groups is 1. The smallest absolute Gasteiger partial charge is 0.262 e. The molecule has 0 saturated heterocycles. The zero-order valence-electron chi connectivity index (χ0n) is 10.4. The van der Waals surface area contributed by atoms with Gasteiger partial charge in [-0.2, -0.15) is 0 Å². The van der Waals surface area contributed by atoms with Crippen molar-refractivity contribution in [3.8, 4) is 0 Å². The molecule has 5 heteroatoms. The minimum Gasteiger partial charge on any atom is -0.287 e. The fourth-order valence-corrected chi connectivity index (χ4v) is 3.35. The molecule has 0 atom stereocenters. The highest BCUT2D eigenvalue weighted by molar-refractivity contribution is 7.90. The summed E-state index contributed by atoms with van der Waals surface area (Å²) in [5, 5.41) is 0. The summed E-state index contributed by atoms with van der Waals surface area (Å²) in [4.78, 5) is 12.3. The SMILES string of the molecule is O=C1/C(=C\c2ccccc2)NS(=O)(=O)c2ccccc21. The predicted molar refractivity (Wildman–Crippen MR) is 75.5 cm³/mol. The molecule has 3 rings (SSSR count). The van der Waals surface area contributed by atoms with Crippen LogP contribution in [0.1, 0.15) is 15.9 Å². The van der Waals surface area contributed by atoms with E-state index in [1.807, 2.05) is 18.2 Å². The molecule has 1 aliphatic rings. The Balaban J connectivity index is 2.15. The number of nitrogens with one attached hydrogen (secondary N) is 1. The topological polar surface area (TPSA) is 63.2 Å². The van der Waals surface area contributed by atoms with Crippen LogP contribution in [0.3, 0.4) is 0 Å². The second kappa shape index (κ2) is 4.61. The van der Waals surface area contributed by atoms with Gasteiger partial charge < -0.3 is 0 Å². The summed E-state index contributed by atoms with van der Waals surface area (Å²) in [6.45, 7) is 0. The number of hydrogen-bond donors (Lipinski definition) is 1. The summed E-state index contributed by atoms with van der Waals surface area (Å²) in [5.74, 6) is -0.320. The van der Waals surface area contributed by atoms with Gasteiger partial charge in [-0.3, -0.25) is 9.52 Å². The van der Waals surface area contributed by atoms with Crippen molar-refractivity contribution >= 4 is 21.9 Å². The summed E-state index contributed by atoms with van der Waals surface area (Å²) in [6, 6.07) is 15.3. The third-order valence-corrected chi connectivity index (χ3v) is 4.44. The lowest BCUT2D eigenvalue weighted by Crippen LogP contribution is -2.34. The Labute approximate surface area is 116 Å². The Morgan fingerprint density at radius 1 is 0.900 bits per heavy atom. The maximum atomic E-state index is 12.3. The van der Waals surface area contributed by atoms with Gasteiger partial charge in [-0.25, -0.2) is 8.42 Å².